The summed E-state index contributed by atoms with van der Waals surface area (Å²) in [5.41, 5.74) is -0.730. The van der Waals surface area contributed by atoms with Crippen molar-refractivity contribution in [2.75, 3.05) is 0 Å². The molecule has 31 heavy (non-hydrogen) atoms. The molecular formula is C18H13Cl2F3N4O3S. The molecule has 0 saturated carbocycles. The number of carbonyl (C=O) groups excluding carboxylic acids is 1. The van der Waals surface area contributed by atoms with Gasteiger partial charge in [-0.15, -0.1) is 5.10 Å². The number of hydrogen-bond acceptors (Lipinski definition) is 5. The van der Waals surface area contributed by atoms with Crippen LogP contribution >= 0.6 is 23.2 Å². The molecular weight excluding hydrogens is 480 g/mol. The van der Waals surface area contributed by atoms with Gasteiger partial charge in [-0.25, -0.2) is 17.8 Å². The number of aryl methyl sites for hydroxylation is 1. The Balaban J connectivity index is 1.98. The van der Waals surface area contributed by atoms with Crippen molar-refractivity contribution in [3.63, 3.8) is 0 Å². The number of nitrogens with one attached hydrogen (secondary N) is 1. The lowest BCUT2D eigenvalue weighted by Crippen LogP contribution is -2.32. The second-order valence-electron chi connectivity index (χ2n) is 6.42. The van der Waals surface area contributed by atoms with Crippen molar-refractivity contribution >= 4 is 39.1 Å². The van der Waals surface area contributed by atoms with Gasteiger partial charge in [0.15, 0.2) is 5.69 Å². The van der Waals surface area contributed by atoms with Crippen molar-refractivity contribution < 1.29 is 26.4 Å². The maximum absolute atomic E-state index is 13.2. The zero-order chi connectivity index (χ0) is 23.1. The van der Waals surface area contributed by atoms with Gasteiger partial charge >= 0.3 is 6.18 Å². The Morgan fingerprint density at radius 1 is 1.13 bits per heavy atom. The van der Waals surface area contributed by atoms with E-state index in [0.29, 0.717) is 22.3 Å². The lowest BCUT2D eigenvalue weighted by Gasteiger charge is -2.13. The molecule has 0 aliphatic heterocycles. The van der Waals surface area contributed by atoms with Crippen LogP contribution < -0.4 is 4.72 Å². The lowest BCUT2D eigenvalue weighted by molar-refractivity contribution is -0.139. The van der Waals surface area contributed by atoms with Crippen LogP contribution in [0.25, 0.3) is 5.69 Å². The Kier molecular flexibility index (Phi) is 6.05. The quantitative estimate of drug-likeness (QED) is 0.584. The molecule has 7 nitrogen and oxygen atoms in total. The van der Waals surface area contributed by atoms with Gasteiger partial charge in [-0.3, -0.25) is 4.79 Å². The molecule has 0 radical (unpaired) electrons. The van der Waals surface area contributed by atoms with E-state index in [0.717, 1.165) is 18.2 Å². The molecule has 13 heteroatoms. The van der Waals surface area contributed by atoms with Crippen molar-refractivity contribution in [2.45, 2.75) is 24.9 Å². The minimum Gasteiger partial charge on any atom is -0.266 e. The Labute approximate surface area is 184 Å². The lowest BCUT2D eigenvalue weighted by atomic mass is 10.2. The molecule has 0 aliphatic carbocycles. The summed E-state index contributed by atoms with van der Waals surface area (Å²) in [6.45, 7) is 3.11. The number of benzene rings is 2. The molecule has 3 aromatic rings. The van der Waals surface area contributed by atoms with Crippen LogP contribution in [0.15, 0.2) is 41.3 Å². The summed E-state index contributed by atoms with van der Waals surface area (Å²) in [7, 11) is -4.86. The molecule has 0 fully saturated rings. The van der Waals surface area contributed by atoms with Crippen molar-refractivity contribution in [1.82, 2.24) is 19.7 Å². The third kappa shape index (κ3) is 4.53. The fourth-order valence-electron chi connectivity index (χ4n) is 2.87. The molecule has 0 unspecified atom stereocenters. The average Bonchev–Trinajstić information content (AvgIpc) is 3.01. The van der Waals surface area contributed by atoms with Crippen LogP contribution in [0.3, 0.4) is 0 Å². The number of nitrogens with zero attached hydrogens (tertiary/aromatic N) is 3. The van der Waals surface area contributed by atoms with Gasteiger partial charge in [0.05, 0.1) is 26.9 Å². The Morgan fingerprint density at radius 2 is 1.77 bits per heavy atom. The summed E-state index contributed by atoms with van der Waals surface area (Å²) in [5, 5.41) is 8.07. The van der Waals surface area contributed by atoms with Crippen LogP contribution in [0.1, 0.15) is 27.3 Å². The van der Waals surface area contributed by atoms with Gasteiger partial charge in [-0.1, -0.05) is 40.5 Å². The number of alkyl halides is 3. The fraction of sp³-hybridized carbons (Fsp3) is 0.167. The van der Waals surface area contributed by atoms with Gasteiger partial charge in [0.2, 0.25) is 0 Å². The normalized spacial score (nSPS) is 12.1. The van der Waals surface area contributed by atoms with Gasteiger partial charge in [-0.2, -0.15) is 13.2 Å². The molecule has 0 aliphatic rings. The zero-order valence-electron chi connectivity index (χ0n) is 15.8. The predicted molar refractivity (Wildman–Crippen MR) is 107 cm³/mol. The summed E-state index contributed by atoms with van der Waals surface area (Å²) >= 11 is 12.1. The summed E-state index contributed by atoms with van der Waals surface area (Å²) in [6, 6.07) is 6.55. The van der Waals surface area contributed by atoms with Crippen LogP contribution in [0.2, 0.25) is 10.0 Å². The van der Waals surface area contributed by atoms with Gasteiger partial charge in [0.25, 0.3) is 15.9 Å². The zero-order valence-corrected chi connectivity index (χ0v) is 18.2. The van der Waals surface area contributed by atoms with Gasteiger partial charge in [-0.05, 0) is 43.7 Å². The van der Waals surface area contributed by atoms with E-state index < -0.39 is 38.3 Å². The van der Waals surface area contributed by atoms with Crippen LogP contribution in [-0.2, 0) is 16.2 Å². The van der Waals surface area contributed by atoms with Crippen molar-refractivity contribution in [3.8, 4) is 5.69 Å². The second kappa shape index (κ2) is 8.13. The smallest absolute Gasteiger partial charge is 0.266 e. The SMILES string of the molecule is Cc1cc(Cl)cc(Cl)c1-n1nnc(C(=O)NS(=O)(=O)c2ccccc2C(F)(F)F)c1C. The molecule has 1 heterocycles. The molecule has 1 amide bonds. The fourth-order valence-corrected chi connectivity index (χ4v) is 4.73. The van der Waals surface area contributed by atoms with Crippen LogP contribution in [0, 0.1) is 13.8 Å². The molecule has 164 valence electrons. The van der Waals surface area contributed by atoms with E-state index in [1.54, 1.807) is 17.7 Å². The van der Waals surface area contributed by atoms with Crippen molar-refractivity contribution in [1.29, 1.82) is 0 Å². The number of aromatic nitrogens is 3. The molecule has 0 spiro atoms. The highest BCUT2D eigenvalue weighted by molar-refractivity contribution is 7.90. The number of sulfonamides is 1. The van der Waals surface area contributed by atoms with E-state index in [2.05, 4.69) is 10.3 Å². The largest absolute Gasteiger partial charge is 0.417 e. The Morgan fingerprint density at radius 3 is 2.39 bits per heavy atom. The summed E-state index contributed by atoms with van der Waals surface area (Å²) in [4.78, 5) is 11.5. The summed E-state index contributed by atoms with van der Waals surface area (Å²) in [5.74, 6) is -1.25. The first-order chi connectivity index (χ1) is 14.3. The number of carbonyl (C=O) groups is 1. The number of rotatable bonds is 4. The number of amides is 1. The molecule has 0 bridgehead atoms. The molecule has 1 N–H and O–H groups in total. The van der Waals surface area contributed by atoms with E-state index in [1.165, 1.54) is 17.7 Å². The topological polar surface area (TPSA) is 93.9 Å². The van der Waals surface area contributed by atoms with E-state index in [-0.39, 0.29) is 10.7 Å². The predicted octanol–water partition coefficient (Wildman–Crippen LogP) is 4.33. The van der Waals surface area contributed by atoms with E-state index in [4.69, 9.17) is 23.2 Å². The molecule has 0 atom stereocenters. The minimum atomic E-state index is -4.93. The molecule has 2 aromatic carbocycles. The second-order valence-corrected chi connectivity index (χ2v) is 8.91. The highest BCUT2D eigenvalue weighted by Gasteiger charge is 2.37. The minimum absolute atomic E-state index is 0.115. The third-order valence-electron chi connectivity index (χ3n) is 4.25. The standard InChI is InChI=1S/C18H13Cl2F3N4O3S/c1-9-7-11(19)8-13(20)16(9)27-10(2)15(24-26-27)17(28)25-31(29,30)14-6-4-3-5-12(14)18(21,22)23/h3-8H,1-2H3,(H,25,28). The van der Waals surface area contributed by atoms with Crippen molar-refractivity contribution in [2.24, 2.45) is 0 Å². The first kappa shape index (κ1) is 23.0. The third-order valence-corrected chi connectivity index (χ3v) is 6.14. The summed E-state index contributed by atoms with van der Waals surface area (Å²) in [6.07, 6.45) is -4.93. The highest BCUT2D eigenvalue weighted by atomic mass is 35.5. The Bertz CT molecular complexity index is 1270. The van der Waals surface area contributed by atoms with Crippen LogP contribution in [0.4, 0.5) is 13.2 Å². The van der Waals surface area contributed by atoms with Gasteiger partial charge in [0, 0.05) is 5.02 Å². The van der Waals surface area contributed by atoms with Gasteiger partial charge < -0.3 is 0 Å². The average molecular weight is 493 g/mol. The molecule has 0 saturated heterocycles. The van der Waals surface area contributed by atoms with Gasteiger partial charge in [0.1, 0.15) is 0 Å². The van der Waals surface area contributed by atoms with Crippen molar-refractivity contribution in [3.05, 3.63) is 69.0 Å². The molecule has 1 aromatic heterocycles. The number of halogens is 5. The molecule has 3 rings (SSSR count). The number of hydrogen-bond donors (Lipinski definition) is 1. The Hall–Kier alpha value is -2.63. The summed E-state index contributed by atoms with van der Waals surface area (Å²) < 4.78 is 67.3. The first-order valence-corrected chi connectivity index (χ1v) is 10.7. The van der Waals surface area contributed by atoms with Crippen LogP contribution in [-0.4, -0.2) is 29.3 Å². The highest BCUT2D eigenvalue weighted by Crippen LogP contribution is 2.34. The first-order valence-electron chi connectivity index (χ1n) is 8.44. The van der Waals surface area contributed by atoms with Crippen LogP contribution in [0.5, 0.6) is 0 Å². The van der Waals surface area contributed by atoms with E-state index in [1.807, 2.05) is 0 Å². The monoisotopic (exact) mass is 492 g/mol. The maximum atomic E-state index is 13.2. The van der Waals surface area contributed by atoms with E-state index in [9.17, 15) is 26.4 Å². The maximum Gasteiger partial charge on any atom is 0.417 e. The van der Waals surface area contributed by atoms with E-state index >= 15 is 0 Å².